The Labute approximate surface area is 81.9 Å². The van der Waals surface area contributed by atoms with Gasteiger partial charge < -0.3 is 0 Å². The molecule has 1 rings (SSSR count). The van der Waals surface area contributed by atoms with Crippen LogP contribution in [-0.2, 0) is 4.79 Å². The van der Waals surface area contributed by atoms with Gasteiger partial charge in [-0.05, 0) is 12.1 Å². The molecule has 0 saturated carbocycles. The fourth-order valence-corrected chi connectivity index (χ4v) is 0.816. The number of nitrogens with zero attached hydrogens (tertiary/aromatic N) is 2. The van der Waals surface area contributed by atoms with Gasteiger partial charge in [0.1, 0.15) is 6.07 Å². The molecule has 4 heteroatoms. The van der Waals surface area contributed by atoms with Gasteiger partial charge >= 0.3 is 0 Å². The SMILES string of the molecule is CC(=O)/C(C#N)=N\Nc1ccccc1. The minimum absolute atomic E-state index is 0.131. The first-order valence-corrected chi connectivity index (χ1v) is 4.04. The van der Waals surface area contributed by atoms with Gasteiger partial charge in [0, 0.05) is 6.92 Å². The zero-order valence-corrected chi connectivity index (χ0v) is 7.69. The summed E-state index contributed by atoms with van der Waals surface area (Å²) in [6, 6.07) is 10.8. The number of hydrazone groups is 1. The Morgan fingerprint density at radius 2 is 2.07 bits per heavy atom. The third-order valence-electron chi connectivity index (χ3n) is 1.51. The normalized spacial score (nSPS) is 10.4. The number of rotatable bonds is 3. The molecule has 0 bridgehead atoms. The summed E-state index contributed by atoms with van der Waals surface area (Å²) in [6.45, 7) is 1.30. The van der Waals surface area contributed by atoms with E-state index in [9.17, 15) is 4.79 Å². The molecule has 0 aliphatic rings. The molecule has 0 saturated heterocycles. The smallest absolute Gasteiger partial charge is 0.203 e. The number of anilines is 1. The number of para-hydroxylation sites is 1. The van der Waals surface area contributed by atoms with Crippen LogP contribution in [0.2, 0.25) is 0 Å². The fourth-order valence-electron chi connectivity index (χ4n) is 0.816. The van der Waals surface area contributed by atoms with Crippen molar-refractivity contribution in [3.63, 3.8) is 0 Å². The van der Waals surface area contributed by atoms with Crippen LogP contribution in [-0.4, -0.2) is 11.5 Å². The van der Waals surface area contributed by atoms with Crippen molar-refractivity contribution in [1.29, 1.82) is 5.26 Å². The van der Waals surface area contributed by atoms with Crippen LogP contribution in [0.5, 0.6) is 0 Å². The van der Waals surface area contributed by atoms with Crippen LogP contribution in [0.25, 0.3) is 0 Å². The number of nitrogens with one attached hydrogen (secondary N) is 1. The summed E-state index contributed by atoms with van der Waals surface area (Å²) >= 11 is 0. The fraction of sp³-hybridized carbons (Fsp3) is 0.100. The van der Waals surface area contributed by atoms with Crippen molar-refractivity contribution in [1.82, 2.24) is 0 Å². The van der Waals surface area contributed by atoms with Gasteiger partial charge in [0.2, 0.25) is 5.71 Å². The average molecular weight is 187 g/mol. The molecule has 0 amide bonds. The molecule has 0 heterocycles. The zero-order chi connectivity index (χ0) is 10.4. The molecule has 0 aliphatic heterocycles. The Kier molecular flexibility index (Phi) is 3.39. The number of hydrogen-bond acceptors (Lipinski definition) is 4. The number of ketones is 1. The van der Waals surface area contributed by atoms with E-state index in [1.54, 1.807) is 18.2 Å². The average Bonchev–Trinajstić information content (AvgIpc) is 2.20. The molecular weight excluding hydrogens is 178 g/mol. The number of Topliss-reactive ketones (excluding diaryl/α,β-unsaturated/α-hetero) is 1. The van der Waals surface area contributed by atoms with Gasteiger partial charge in [-0.1, -0.05) is 18.2 Å². The molecule has 0 aliphatic carbocycles. The number of benzene rings is 1. The lowest BCUT2D eigenvalue weighted by atomic mass is 10.3. The topological polar surface area (TPSA) is 65.2 Å². The molecule has 14 heavy (non-hydrogen) atoms. The van der Waals surface area contributed by atoms with Crippen molar-refractivity contribution >= 4 is 17.2 Å². The van der Waals surface area contributed by atoms with E-state index in [4.69, 9.17) is 5.26 Å². The molecule has 0 radical (unpaired) electrons. The summed E-state index contributed by atoms with van der Waals surface area (Å²) < 4.78 is 0. The van der Waals surface area contributed by atoms with Gasteiger partial charge in [0.25, 0.3) is 0 Å². The highest BCUT2D eigenvalue weighted by atomic mass is 16.1. The summed E-state index contributed by atoms with van der Waals surface area (Å²) in [6.07, 6.45) is 0. The van der Waals surface area contributed by atoms with Gasteiger partial charge in [-0.25, -0.2) is 0 Å². The maximum atomic E-state index is 10.8. The predicted molar refractivity (Wildman–Crippen MR) is 53.8 cm³/mol. The minimum atomic E-state index is -0.351. The maximum Gasteiger partial charge on any atom is 0.203 e. The highest BCUT2D eigenvalue weighted by Crippen LogP contribution is 2.04. The van der Waals surface area contributed by atoms with E-state index < -0.39 is 0 Å². The van der Waals surface area contributed by atoms with E-state index >= 15 is 0 Å². The van der Waals surface area contributed by atoms with E-state index in [2.05, 4.69) is 10.5 Å². The second kappa shape index (κ2) is 4.77. The minimum Gasteiger partial charge on any atom is -0.292 e. The first-order chi connectivity index (χ1) is 6.74. The summed E-state index contributed by atoms with van der Waals surface area (Å²) in [5, 5.41) is 12.2. The monoisotopic (exact) mass is 187 g/mol. The van der Waals surface area contributed by atoms with Crippen LogP contribution in [0.3, 0.4) is 0 Å². The molecule has 0 unspecified atom stereocenters. The number of nitriles is 1. The largest absolute Gasteiger partial charge is 0.292 e. The van der Waals surface area contributed by atoms with Crippen LogP contribution in [0.1, 0.15) is 6.92 Å². The van der Waals surface area contributed by atoms with E-state index in [1.807, 2.05) is 18.2 Å². The molecule has 0 fully saturated rings. The third kappa shape index (κ3) is 2.72. The molecule has 0 atom stereocenters. The summed E-state index contributed by atoms with van der Waals surface area (Å²) in [5.74, 6) is -0.351. The Morgan fingerprint density at radius 3 is 2.57 bits per heavy atom. The van der Waals surface area contributed by atoms with Crippen molar-refractivity contribution in [3.8, 4) is 6.07 Å². The Balaban J connectivity index is 2.73. The quantitative estimate of drug-likeness (QED) is 0.577. The molecule has 1 N–H and O–H groups in total. The third-order valence-corrected chi connectivity index (χ3v) is 1.51. The number of carbonyl (C=O) groups is 1. The molecular formula is C10H9N3O. The second-order valence-electron chi connectivity index (χ2n) is 2.61. The number of hydrogen-bond donors (Lipinski definition) is 1. The van der Waals surface area contributed by atoms with E-state index in [-0.39, 0.29) is 11.5 Å². The molecule has 1 aromatic rings. The lowest BCUT2D eigenvalue weighted by molar-refractivity contribution is -0.110. The van der Waals surface area contributed by atoms with Crippen LogP contribution in [0.4, 0.5) is 5.69 Å². The van der Waals surface area contributed by atoms with Crippen molar-refractivity contribution in [2.75, 3.05) is 5.43 Å². The van der Waals surface area contributed by atoms with Crippen molar-refractivity contribution in [2.45, 2.75) is 6.92 Å². The first kappa shape index (κ1) is 9.93. The van der Waals surface area contributed by atoms with Gasteiger partial charge in [-0.15, -0.1) is 0 Å². The van der Waals surface area contributed by atoms with E-state index in [1.165, 1.54) is 6.92 Å². The van der Waals surface area contributed by atoms with Gasteiger partial charge in [-0.3, -0.25) is 10.2 Å². The molecule has 70 valence electrons. The highest BCUT2D eigenvalue weighted by Gasteiger charge is 2.02. The Hall–Kier alpha value is -2.15. The first-order valence-electron chi connectivity index (χ1n) is 4.04. The Bertz CT molecular complexity index is 390. The summed E-state index contributed by atoms with van der Waals surface area (Å²) in [7, 11) is 0. The Morgan fingerprint density at radius 1 is 1.43 bits per heavy atom. The lowest BCUT2D eigenvalue weighted by Crippen LogP contribution is -2.09. The lowest BCUT2D eigenvalue weighted by Gasteiger charge is -1.98. The summed E-state index contributed by atoms with van der Waals surface area (Å²) in [5.41, 5.74) is 3.23. The van der Waals surface area contributed by atoms with Crippen LogP contribution >= 0.6 is 0 Å². The second-order valence-corrected chi connectivity index (χ2v) is 2.61. The zero-order valence-electron chi connectivity index (χ0n) is 7.69. The van der Waals surface area contributed by atoms with Crippen LogP contribution in [0, 0.1) is 11.3 Å². The molecule has 1 aromatic carbocycles. The van der Waals surface area contributed by atoms with Crippen molar-refractivity contribution in [2.24, 2.45) is 5.10 Å². The van der Waals surface area contributed by atoms with Gasteiger partial charge in [0.15, 0.2) is 5.78 Å². The van der Waals surface area contributed by atoms with Crippen molar-refractivity contribution < 1.29 is 4.79 Å². The van der Waals surface area contributed by atoms with Crippen LogP contribution < -0.4 is 5.43 Å². The van der Waals surface area contributed by atoms with Crippen LogP contribution in [0.15, 0.2) is 35.4 Å². The summed E-state index contributed by atoms with van der Waals surface area (Å²) in [4.78, 5) is 10.8. The molecule has 0 aromatic heterocycles. The predicted octanol–water partition coefficient (Wildman–Crippen LogP) is 1.57. The van der Waals surface area contributed by atoms with E-state index in [0.717, 1.165) is 5.69 Å². The van der Waals surface area contributed by atoms with Gasteiger partial charge in [0.05, 0.1) is 5.69 Å². The highest BCUT2D eigenvalue weighted by molar-refractivity contribution is 6.45. The number of carbonyl (C=O) groups excluding carboxylic acids is 1. The van der Waals surface area contributed by atoms with E-state index in [0.29, 0.717) is 0 Å². The standard InChI is InChI=1S/C10H9N3O/c1-8(14)10(7-11)13-12-9-5-3-2-4-6-9/h2-6,12H,1H3/b13-10-. The molecule has 4 nitrogen and oxygen atoms in total. The van der Waals surface area contributed by atoms with Gasteiger partial charge in [-0.2, -0.15) is 10.4 Å². The maximum absolute atomic E-state index is 10.8. The van der Waals surface area contributed by atoms with Crippen molar-refractivity contribution in [3.05, 3.63) is 30.3 Å². The molecule has 0 spiro atoms.